The molecule has 0 nitrogen and oxygen atoms in total. The van der Waals surface area contributed by atoms with Crippen LogP contribution >= 0.6 is 0 Å². The molecule has 0 heterocycles. The second kappa shape index (κ2) is 3.61. The van der Waals surface area contributed by atoms with E-state index in [0.29, 0.717) is 0 Å². The van der Waals surface area contributed by atoms with E-state index >= 15 is 0 Å². The molecule has 0 aliphatic heterocycles. The SMILES string of the molecule is C.Cc1ccc(C)c2ccccc12. The topological polar surface area (TPSA) is 0 Å². The summed E-state index contributed by atoms with van der Waals surface area (Å²) in [7, 11) is 0. The summed E-state index contributed by atoms with van der Waals surface area (Å²) in [6.45, 7) is 4.31. The Hall–Kier alpha value is -1.30. The van der Waals surface area contributed by atoms with Crippen molar-refractivity contribution in [3.63, 3.8) is 0 Å². The van der Waals surface area contributed by atoms with Crippen molar-refractivity contribution < 1.29 is 0 Å². The fourth-order valence-corrected chi connectivity index (χ4v) is 1.60. The lowest BCUT2D eigenvalue weighted by molar-refractivity contribution is 1.46. The Morgan fingerprint density at radius 3 is 1.46 bits per heavy atom. The maximum absolute atomic E-state index is 2.18. The van der Waals surface area contributed by atoms with Gasteiger partial charge in [-0.1, -0.05) is 43.8 Å². The first-order chi connectivity index (χ1) is 5.79. The molecular formula is C13H16. The van der Waals surface area contributed by atoms with Gasteiger partial charge in [-0.3, -0.25) is 0 Å². The first-order valence-electron chi connectivity index (χ1n) is 4.24. The number of benzene rings is 2. The molecule has 0 spiro atoms. The monoisotopic (exact) mass is 172 g/mol. The predicted octanol–water partition coefficient (Wildman–Crippen LogP) is 4.09. The van der Waals surface area contributed by atoms with Gasteiger partial charge in [0.05, 0.1) is 0 Å². The Morgan fingerprint density at radius 2 is 1.08 bits per heavy atom. The summed E-state index contributed by atoms with van der Waals surface area (Å²) in [5.41, 5.74) is 2.72. The molecule has 0 N–H and O–H groups in total. The van der Waals surface area contributed by atoms with Crippen molar-refractivity contribution in [1.29, 1.82) is 0 Å². The molecule has 0 aromatic heterocycles. The molecule has 0 aliphatic rings. The quantitative estimate of drug-likeness (QED) is 0.561. The van der Waals surface area contributed by atoms with Crippen LogP contribution < -0.4 is 0 Å². The molecule has 0 bridgehead atoms. The summed E-state index contributed by atoms with van der Waals surface area (Å²) >= 11 is 0. The lowest BCUT2D eigenvalue weighted by atomic mass is 10.0. The van der Waals surface area contributed by atoms with Crippen molar-refractivity contribution in [1.82, 2.24) is 0 Å². The van der Waals surface area contributed by atoms with E-state index in [1.165, 1.54) is 21.9 Å². The van der Waals surface area contributed by atoms with Crippen LogP contribution in [-0.4, -0.2) is 0 Å². The van der Waals surface area contributed by atoms with Gasteiger partial charge >= 0.3 is 0 Å². The van der Waals surface area contributed by atoms with Gasteiger partial charge in [-0.2, -0.15) is 0 Å². The standard InChI is InChI=1S/C12H12.CH4/c1-9-7-8-10(2)12-6-4-3-5-11(9)12;/h3-8H,1-2H3;1H4. The molecule has 0 atom stereocenters. The third-order valence-corrected chi connectivity index (χ3v) is 2.36. The Bertz CT molecular complexity index is 373. The average Bonchev–Trinajstić information content (AvgIpc) is 2.12. The maximum atomic E-state index is 2.18. The zero-order valence-electron chi connectivity index (χ0n) is 7.46. The third-order valence-electron chi connectivity index (χ3n) is 2.36. The van der Waals surface area contributed by atoms with Crippen LogP contribution in [0.5, 0.6) is 0 Å². The Balaban J connectivity index is 0.000000845. The highest BCUT2D eigenvalue weighted by molar-refractivity contribution is 5.88. The number of rotatable bonds is 0. The largest absolute Gasteiger partial charge is 0.0776 e. The van der Waals surface area contributed by atoms with Crippen molar-refractivity contribution in [2.75, 3.05) is 0 Å². The Kier molecular flexibility index (Phi) is 2.72. The van der Waals surface area contributed by atoms with E-state index < -0.39 is 0 Å². The highest BCUT2D eigenvalue weighted by Gasteiger charge is 1.97. The normalized spacial score (nSPS) is 9.69. The Labute approximate surface area is 80.2 Å². The Morgan fingerprint density at radius 1 is 0.692 bits per heavy atom. The fraction of sp³-hybridized carbons (Fsp3) is 0.231. The van der Waals surface area contributed by atoms with Gasteiger partial charge in [-0.15, -0.1) is 0 Å². The van der Waals surface area contributed by atoms with E-state index in [1.54, 1.807) is 0 Å². The van der Waals surface area contributed by atoms with E-state index in [2.05, 4.69) is 50.2 Å². The highest BCUT2D eigenvalue weighted by Crippen LogP contribution is 2.20. The van der Waals surface area contributed by atoms with Crippen molar-refractivity contribution in [3.05, 3.63) is 47.5 Å². The van der Waals surface area contributed by atoms with Gasteiger partial charge in [0.2, 0.25) is 0 Å². The molecule has 0 radical (unpaired) electrons. The van der Waals surface area contributed by atoms with Gasteiger partial charge < -0.3 is 0 Å². The molecule has 0 unspecified atom stereocenters. The summed E-state index contributed by atoms with van der Waals surface area (Å²) in [6.07, 6.45) is 0. The van der Waals surface area contributed by atoms with Crippen LogP contribution in [0.1, 0.15) is 18.6 Å². The van der Waals surface area contributed by atoms with Gasteiger partial charge in [-0.05, 0) is 35.7 Å². The molecule has 0 saturated heterocycles. The van der Waals surface area contributed by atoms with Gasteiger partial charge in [0, 0.05) is 0 Å². The predicted molar refractivity (Wildman–Crippen MR) is 60.2 cm³/mol. The second-order valence-electron chi connectivity index (χ2n) is 3.24. The number of hydrogen-bond acceptors (Lipinski definition) is 0. The van der Waals surface area contributed by atoms with Crippen molar-refractivity contribution in [2.45, 2.75) is 21.3 Å². The first-order valence-corrected chi connectivity index (χ1v) is 4.24. The molecule has 2 rings (SSSR count). The van der Waals surface area contributed by atoms with Crippen molar-refractivity contribution in [2.24, 2.45) is 0 Å². The van der Waals surface area contributed by atoms with Crippen LogP contribution in [0.2, 0.25) is 0 Å². The van der Waals surface area contributed by atoms with E-state index in [1.807, 2.05) is 0 Å². The minimum Gasteiger partial charge on any atom is -0.0776 e. The van der Waals surface area contributed by atoms with Gasteiger partial charge in [0.1, 0.15) is 0 Å². The molecule has 13 heavy (non-hydrogen) atoms. The summed E-state index contributed by atoms with van der Waals surface area (Å²) in [6, 6.07) is 12.9. The van der Waals surface area contributed by atoms with Crippen molar-refractivity contribution in [3.8, 4) is 0 Å². The molecule has 0 amide bonds. The smallest absolute Gasteiger partial charge is 0.0152 e. The van der Waals surface area contributed by atoms with Crippen molar-refractivity contribution >= 4 is 10.8 Å². The molecule has 2 aromatic rings. The lowest BCUT2D eigenvalue weighted by Crippen LogP contribution is -1.80. The zero-order valence-corrected chi connectivity index (χ0v) is 7.46. The van der Waals surface area contributed by atoms with E-state index in [9.17, 15) is 0 Å². The van der Waals surface area contributed by atoms with Crippen LogP contribution in [0.3, 0.4) is 0 Å². The number of fused-ring (bicyclic) bond motifs is 1. The molecule has 68 valence electrons. The van der Waals surface area contributed by atoms with Crippen LogP contribution in [0.4, 0.5) is 0 Å². The molecule has 2 aromatic carbocycles. The summed E-state index contributed by atoms with van der Waals surface area (Å²) < 4.78 is 0. The molecular weight excluding hydrogens is 156 g/mol. The van der Waals surface area contributed by atoms with Gasteiger partial charge in [-0.25, -0.2) is 0 Å². The number of hydrogen-bond donors (Lipinski definition) is 0. The lowest BCUT2D eigenvalue weighted by Gasteiger charge is -2.03. The van der Waals surface area contributed by atoms with E-state index in [4.69, 9.17) is 0 Å². The third kappa shape index (κ3) is 1.57. The fourth-order valence-electron chi connectivity index (χ4n) is 1.60. The highest BCUT2D eigenvalue weighted by atomic mass is 14.0. The minimum absolute atomic E-state index is 0. The number of aryl methyl sites for hydroxylation is 2. The summed E-state index contributed by atoms with van der Waals surface area (Å²) in [4.78, 5) is 0. The summed E-state index contributed by atoms with van der Waals surface area (Å²) in [5.74, 6) is 0. The molecule has 0 fully saturated rings. The average molecular weight is 172 g/mol. The maximum Gasteiger partial charge on any atom is -0.0152 e. The van der Waals surface area contributed by atoms with Gasteiger partial charge in [0.15, 0.2) is 0 Å². The zero-order chi connectivity index (χ0) is 8.55. The van der Waals surface area contributed by atoms with Gasteiger partial charge in [0.25, 0.3) is 0 Å². The second-order valence-corrected chi connectivity index (χ2v) is 3.24. The van der Waals surface area contributed by atoms with Crippen LogP contribution in [0, 0.1) is 13.8 Å². The molecule has 0 heteroatoms. The van der Waals surface area contributed by atoms with Crippen LogP contribution in [-0.2, 0) is 0 Å². The molecule has 0 saturated carbocycles. The van der Waals surface area contributed by atoms with Crippen LogP contribution in [0.15, 0.2) is 36.4 Å². The summed E-state index contributed by atoms with van der Waals surface area (Å²) in [5, 5.41) is 2.75. The minimum atomic E-state index is 0. The van der Waals surface area contributed by atoms with Crippen LogP contribution in [0.25, 0.3) is 10.8 Å². The first kappa shape index (κ1) is 9.79. The van der Waals surface area contributed by atoms with E-state index in [-0.39, 0.29) is 7.43 Å². The van der Waals surface area contributed by atoms with E-state index in [0.717, 1.165) is 0 Å². The molecule has 0 aliphatic carbocycles.